The van der Waals surface area contributed by atoms with E-state index in [2.05, 4.69) is 37.8 Å². The van der Waals surface area contributed by atoms with Gasteiger partial charge in [0.05, 0.1) is 13.7 Å². The molecule has 0 saturated carbocycles. The van der Waals surface area contributed by atoms with E-state index in [0.717, 1.165) is 16.7 Å². The molecule has 0 amide bonds. The summed E-state index contributed by atoms with van der Waals surface area (Å²) in [6.07, 6.45) is 0. The second-order valence-corrected chi connectivity index (χ2v) is 6.61. The van der Waals surface area contributed by atoms with Crippen molar-refractivity contribution < 1.29 is 9.47 Å². The Balaban J connectivity index is 1.51. The van der Waals surface area contributed by atoms with Crippen LogP contribution in [0.1, 0.15) is 0 Å². The van der Waals surface area contributed by atoms with Gasteiger partial charge in [-0.3, -0.25) is 0 Å². The number of ether oxygens (including phenoxy) is 2. The Hall–Kier alpha value is -3.19. The first kappa shape index (κ1) is 17.2. The Kier molecular flexibility index (Phi) is 5.11. The SMILES string of the molecule is COc1nc(NCCOc2ccccc2)nc(-c2csc3ccccc23)n1. The van der Waals surface area contributed by atoms with E-state index in [-0.39, 0.29) is 6.01 Å². The van der Waals surface area contributed by atoms with Crippen molar-refractivity contribution in [2.75, 3.05) is 25.6 Å². The Morgan fingerprint density at radius 1 is 0.963 bits per heavy atom. The molecular formula is C20H18N4O2S. The van der Waals surface area contributed by atoms with E-state index >= 15 is 0 Å². The van der Waals surface area contributed by atoms with Crippen LogP contribution >= 0.6 is 11.3 Å². The molecule has 0 spiro atoms. The molecule has 136 valence electrons. The maximum atomic E-state index is 5.68. The molecule has 0 aliphatic heterocycles. The van der Waals surface area contributed by atoms with Gasteiger partial charge in [0, 0.05) is 21.0 Å². The van der Waals surface area contributed by atoms with Crippen molar-refractivity contribution in [1.82, 2.24) is 15.0 Å². The number of methoxy groups -OCH3 is 1. The number of hydrogen-bond acceptors (Lipinski definition) is 7. The Morgan fingerprint density at radius 2 is 1.78 bits per heavy atom. The molecule has 0 aliphatic carbocycles. The molecule has 6 nitrogen and oxygen atoms in total. The maximum Gasteiger partial charge on any atom is 0.321 e. The summed E-state index contributed by atoms with van der Waals surface area (Å²) in [5.41, 5.74) is 0.972. The van der Waals surface area contributed by atoms with Crippen LogP contribution in [0.2, 0.25) is 0 Å². The third-order valence-electron chi connectivity index (χ3n) is 3.92. The molecule has 0 atom stereocenters. The number of nitrogens with zero attached hydrogens (tertiary/aromatic N) is 3. The normalized spacial score (nSPS) is 10.7. The van der Waals surface area contributed by atoms with Crippen LogP contribution in [0.25, 0.3) is 21.5 Å². The van der Waals surface area contributed by atoms with Crippen LogP contribution in [-0.2, 0) is 0 Å². The fourth-order valence-corrected chi connectivity index (χ4v) is 3.59. The van der Waals surface area contributed by atoms with E-state index in [4.69, 9.17) is 9.47 Å². The first-order chi connectivity index (χ1) is 13.3. The van der Waals surface area contributed by atoms with Crippen molar-refractivity contribution in [2.24, 2.45) is 0 Å². The minimum Gasteiger partial charge on any atom is -0.492 e. The number of anilines is 1. The number of rotatable bonds is 7. The molecule has 0 radical (unpaired) electrons. The van der Waals surface area contributed by atoms with Gasteiger partial charge >= 0.3 is 6.01 Å². The van der Waals surface area contributed by atoms with Gasteiger partial charge in [0.1, 0.15) is 12.4 Å². The summed E-state index contributed by atoms with van der Waals surface area (Å²) in [4.78, 5) is 13.2. The third-order valence-corrected chi connectivity index (χ3v) is 4.88. The average molecular weight is 378 g/mol. The van der Waals surface area contributed by atoms with Crippen LogP contribution in [0.4, 0.5) is 5.95 Å². The number of nitrogens with one attached hydrogen (secondary N) is 1. The van der Waals surface area contributed by atoms with Gasteiger partial charge in [0.2, 0.25) is 5.95 Å². The van der Waals surface area contributed by atoms with Crippen molar-refractivity contribution in [1.29, 1.82) is 0 Å². The molecule has 0 unspecified atom stereocenters. The zero-order chi connectivity index (χ0) is 18.5. The predicted octanol–water partition coefficient (Wildman–Crippen LogP) is 4.25. The van der Waals surface area contributed by atoms with Crippen LogP contribution in [0, 0.1) is 0 Å². The largest absolute Gasteiger partial charge is 0.492 e. The van der Waals surface area contributed by atoms with E-state index in [9.17, 15) is 0 Å². The van der Waals surface area contributed by atoms with Gasteiger partial charge in [-0.15, -0.1) is 11.3 Å². The molecule has 4 aromatic rings. The summed E-state index contributed by atoms with van der Waals surface area (Å²) in [5, 5.41) is 6.35. The zero-order valence-corrected chi connectivity index (χ0v) is 15.6. The standard InChI is InChI=1S/C20H18N4O2S/c1-25-20-23-18(16-13-27-17-10-6-5-9-15(16)17)22-19(24-20)21-11-12-26-14-7-3-2-4-8-14/h2-10,13H,11-12H2,1H3,(H,21,22,23,24). The number of hydrogen-bond donors (Lipinski definition) is 1. The number of thiophene rings is 1. The lowest BCUT2D eigenvalue weighted by molar-refractivity contribution is 0.332. The second-order valence-electron chi connectivity index (χ2n) is 5.70. The van der Waals surface area contributed by atoms with Gasteiger partial charge in [0.25, 0.3) is 0 Å². The average Bonchev–Trinajstić information content (AvgIpc) is 3.16. The summed E-state index contributed by atoms with van der Waals surface area (Å²) < 4.78 is 12.1. The van der Waals surface area contributed by atoms with Crippen LogP contribution in [-0.4, -0.2) is 35.2 Å². The Labute approximate surface area is 160 Å². The van der Waals surface area contributed by atoms with Crippen molar-refractivity contribution >= 4 is 27.4 Å². The molecule has 0 aliphatic rings. The van der Waals surface area contributed by atoms with Gasteiger partial charge < -0.3 is 14.8 Å². The van der Waals surface area contributed by atoms with E-state index in [1.807, 2.05) is 42.5 Å². The topological polar surface area (TPSA) is 69.2 Å². The smallest absolute Gasteiger partial charge is 0.321 e. The van der Waals surface area contributed by atoms with Crippen molar-refractivity contribution in [3.05, 3.63) is 60.0 Å². The molecular weight excluding hydrogens is 360 g/mol. The van der Waals surface area contributed by atoms with Gasteiger partial charge in [-0.2, -0.15) is 15.0 Å². The minimum absolute atomic E-state index is 0.279. The lowest BCUT2D eigenvalue weighted by Gasteiger charge is -2.09. The highest BCUT2D eigenvalue weighted by Crippen LogP contribution is 2.32. The van der Waals surface area contributed by atoms with Gasteiger partial charge in [-0.1, -0.05) is 36.4 Å². The van der Waals surface area contributed by atoms with E-state index in [1.165, 1.54) is 4.70 Å². The predicted molar refractivity (Wildman–Crippen MR) is 108 cm³/mol. The number of para-hydroxylation sites is 1. The van der Waals surface area contributed by atoms with E-state index in [0.29, 0.717) is 24.9 Å². The molecule has 1 N–H and O–H groups in total. The van der Waals surface area contributed by atoms with Crippen LogP contribution in [0.3, 0.4) is 0 Å². The first-order valence-corrected chi connectivity index (χ1v) is 9.40. The molecule has 0 fully saturated rings. The fraction of sp³-hybridized carbons (Fsp3) is 0.150. The summed E-state index contributed by atoms with van der Waals surface area (Å²) in [6, 6.07) is 18.2. The maximum absolute atomic E-state index is 5.68. The van der Waals surface area contributed by atoms with Gasteiger partial charge in [-0.05, 0) is 18.2 Å². The molecule has 0 bridgehead atoms. The Bertz CT molecular complexity index is 1040. The van der Waals surface area contributed by atoms with E-state index < -0.39 is 0 Å². The lowest BCUT2D eigenvalue weighted by Crippen LogP contribution is -2.14. The van der Waals surface area contributed by atoms with Crippen molar-refractivity contribution in [2.45, 2.75) is 0 Å². The molecule has 2 heterocycles. The second kappa shape index (κ2) is 8.01. The first-order valence-electron chi connectivity index (χ1n) is 8.52. The minimum atomic E-state index is 0.279. The number of aromatic nitrogens is 3. The van der Waals surface area contributed by atoms with Crippen LogP contribution in [0.15, 0.2) is 60.0 Å². The number of fused-ring (bicyclic) bond motifs is 1. The molecule has 27 heavy (non-hydrogen) atoms. The van der Waals surface area contributed by atoms with Crippen LogP contribution < -0.4 is 14.8 Å². The third kappa shape index (κ3) is 3.98. The van der Waals surface area contributed by atoms with Crippen LogP contribution in [0.5, 0.6) is 11.8 Å². The quantitative estimate of drug-likeness (QED) is 0.485. The molecule has 2 aromatic carbocycles. The van der Waals surface area contributed by atoms with Crippen molar-refractivity contribution in [3.63, 3.8) is 0 Å². The summed E-state index contributed by atoms with van der Waals surface area (Å²) in [6.45, 7) is 1.06. The summed E-state index contributed by atoms with van der Waals surface area (Å²) >= 11 is 1.67. The highest BCUT2D eigenvalue weighted by Gasteiger charge is 2.13. The molecule has 2 aromatic heterocycles. The van der Waals surface area contributed by atoms with Gasteiger partial charge in [0.15, 0.2) is 5.82 Å². The molecule has 7 heteroatoms. The Morgan fingerprint density at radius 3 is 2.63 bits per heavy atom. The summed E-state index contributed by atoms with van der Waals surface area (Å²) in [5.74, 6) is 1.88. The van der Waals surface area contributed by atoms with Crippen molar-refractivity contribution in [3.8, 4) is 23.1 Å². The number of benzene rings is 2. The van der Waals surface area contributed by atoms with Gasteiger partial charge in [-0.25, -0.2) is 0 Å². The lowest BCUT2D eigenvalue weighted by atomic mass is 10.2. The highest BCUT2D eigenvalue weighted by molar-refractivity contribution is 7.17. The zero-order valence-electron chi connectivity index (χ0n) is 14.8. The molecule has 4 rings (SSSR count). The summed E-state index contributed by atoms with van der Waals surface area (Å²) in [7, 11) is 1.55. The highest BCUT2D eigenvalue weighted by atomic mass is 32.1. The monoisotopic (exact) mass is 378 g/mol. The van der Waals surface area contributed by atoms with E-state index in [1.54, 1.807) is 18.4 Å². The fourth-order valence-electron chi connectivity index (χ4n) is 2.65. The molecule has 0 saturated heterocycles.